The molecule has 124 valence electrons. The predicted molar refractivity (Wildman–Crippen MR) is 83.6 cm³/mol. The van der Waals surface area contributed by atoms with Crippen LogP contribution in [0.2, 0.25) is 0 Å². The highest BCUT2D eigenvalue weighted by Crippen LogP contribution is 2.52. The zero-order valence-corrected chi connectivity index (χ0v) is 13.0. The fourth-order valence-electron chi connectivity index (χ4n) is 4.14. The lowest BCUT2D eigenvalue weighted by molar-refractivity contribution is -0.146. The van der Waals surface area contributed by atoms with Gasteiger partial charge in [-0.1, -0.05) is 12.2 Å². The van der Waals surface area contributed by atoms with Crippen LogP contribution in [0, 0.1) is 23.7 Å². The van der Waals surface area contributed by atoms with E-state index in [-0.39, 0.29) is 47.1 Å². The van der Waals surface area contributed by atoms with Crippen LogP contribution in [0.1, 0.15) is 13.3 Å². The van der Waals surface area contributed by atoms with Crippen LogP contribution in [-0.2, 0) is 14.4 Å². The fraction of sp³-hybridized carbons (Fsp3) is 0.412. The van der Waals surface area contributed by atoms with E-state index in [1.54, 1.807) is 0 Å². The molecule has 5 atom stereocenters. The van der Waals surface area contributed by atoms with Gasteiger partial charge >= 0.3 is 0 Å². The Balaban J connectivity index is 1.54. The van der Waals surface area contributed by atoms with Crippen molar-refractivity contribution in [2.24, 2.45) is 23.7 Å². The number of rotatable bonds is 3. The highest BCUT2D eigenvalue weighted by molar-refractivity contribution is 6.10. The van der Waals surface area contributed by atoms with Crippen LogP contribution in [0.25, 0.3) is 0 Å². The summed E-state index contributed by atoms with van der Waals surface area (Å²) in [5, 5.41) is 12.2. The van der Waals surface area contributed by atoms with Crippen molar-refractivity contribution in [1.29, 1.82) is 0 Å². The Bertz CT molecular complexity index is 745. The van der Waals surface area contributed by atoms with Gasteiger partial charge in [-0.05, 0) is 37.3 Å². The SMILES string of the molecule is C[C@H](C(=O)Nc1ncccc1O)N1C(=O)[C@@H]2[C@H](C1=O)[C@H]1C=C[C@H]2C1. The molecule has 7 heteroatoms. The summed E-state index contributed by atoms with van der Waals surface area (Å²) in [6, 6.07) is 1.98. The number of carbonyl (C=O) groups is 3. The van der Waals surface area contributed by atoms with Gasteiger partial charge in [-0.2, -0.15) is 0 Å². The van der Waals surface area contributed by atoms with E-state index in [1.807, 2.05) is 12.2 Å². The lowest BCUT2D eigenvalue weighted by Gasteiger charge is -2.23. The van der Waals surface area contributed by atoms with Crippen molar-refractivity contribution in [3.8, 4) is 5.75 Å². The maximum absolute atomic E-state index is 12.7. The van der Waals surface area contributed by atoms with Crippen LogP contribution in [0.5, 0.6) is 5.75 Å². The van der Waals surface area contributed by atoms with E-state index in [9.17, 15) is 19.5 Å². The number of amides is 3. The molecule has 2 N–H and O–H groups in total. The summed E-state index contributed by atoms with van der Waals surface area (Å²) in [6.07, 6.45) is 6.30. The summed E-state index contributed by atoms with van der Waals surface area (Å²) >= 11 is 0. The van der Waals surface area contributed by atoms with Gasteiger partial charge in [0.2, 0.25) is 17.7 Å². The molecule has 1 saturated carbocycles. The summed E-state index contributed by atoms with van der Waals surface area (Å²) in [6.45, 7) is 1.52. The Morgan fingerprint density at radius 3 is 2.50 bits per heavy atom. The number of anilines is 1. The van der Waals surface area contributed by atoms with Gasteiger partial charge in [-0.3, -0.25) is 19.3 Å². The predicted octanol–water partition coefficient (Wildman–Crippen LogP) is 0.921. The molecule has 0 radical (unpaired) electrons. The Morgan fingerprint density at radius 2 is 1.92 bits per heavy atom. The van der Waals surface area contributed by atoms with Crippen molar-refractivity contribution in [3.05, 3.63) is 30.5 Å². The first-order valence-corrected chi connectivity index (χ1v) is 7.99. The van der Waals surface area contributed by atoms with Crippen molar-refractivity contribution >= 4 is 23.5 Å². The summed E-state index contributed by atoms with van der Waals surface area (Å²) in [7, 11) is 0. The van der Waals surface area contributed by atoms with Gasteiger partial charge in [0.05, 0.1) is 11.8 Å². The van der Waals surface area contributed by atoms with E-state index in [2.05, 4.69) is 10.3 Å². The Labute approximate surface area is 138 Å². The van der Waals surface area contributed by atoms with Gasteiger partial charge < -0.3 is 10.4 Å². The number of hydrogen-bond acceptors (Lipinski definition) is 5. The molecule has 1 aliphatic heterocycles. The molecule has 2 aliphatic carbocycles. The first-order valence-electron chi connectivity index (χ1n) is 7.99. The van der Waals surface area contributed by atoms with Crippen LogP contribution in [-0.4, -0.2) is 38.8 Å². The standard InChI is InChI=1S/C17H17N3O4/c1-8(15(22)19-14-11(21)3-2-6-18-14)20-16(23)12-9-4-5-10(7-9)13(12)17(20)24/h2-6,8-10,12-13,21H,7H2,1H3,(H,18,19,22)/t8-,9+,10+,12-,13+/m1/s1. The molecule has 2 bridgehead atoms. The molecule has 2 heterocycles. The van der Waals surface area contributed by atoms with Crippen LogP contribution in [0.15, 0.2) is 30.5 Å². The maximum Gasteiger partial charge on any atom is 0.248 e. The molecule has 24 heavy (non-hydrogen) atoms. The molecule has 3 aliphatic rings. The highest BCUT2D eigenvalue weighted by atomic mass is 16.3. The van der Waals surface area contributed by atoms with E-state index in [1.165, 1.54) is 25.3 Å². The highest BCUT2D eigenvalue weighted by Gasteiger charge is 2.60. The molecular weight excluding hydrogens is 310 g/mol. The van der Waals surface area contributed by atoms with E-state index in [0.29, 0.717) is 0 Å². The normalized spacial score (nSPS) is 31.5. The third-order valence-corrected chi connectivity index (χ3v) is 5.30. The summed E-state index contributed by atoms with van der Waals surface area (Å²) in [5.41, 5.74) is 0. The van der Waals surface area contributed by atoms with Crippen molar-refractivity contribution < 1.29 is 19.5 Å². The van der Waals surface area contributed by atoms with Gasteiger partial charge in [0, 0.05) is 6.20 Å². The van der Waals surface area contributed by atoms with E-state index < -0.39 is 11.9 Å². The van der Waals surface area contributed by atoms with Crippen molar-refractivity contribution in [3.63, 3.8) is 0 Å². The number of carbonyl (C=O) groups excluding carboxylic acids is 3. The molecule has 3 amide bonds. The van der Waals surface area contributed by atoms with E-state index in [0.717, 1.165) is 11.3 Å². The number of imide groups is 1. The number of nitrogens with one attached hydrogen (secondary N) is 1. The minimum atomic E-state index is -0.948. The quantitative estimate of drug-likeness (QED) is 0.635. The molecular formula is C17H17N3O4. The second-order valence-electron chi connectivity index (χ2n) is 6.58. The summed E-state index contributed by atoms with van der Waals surface area (Å²) in [4.78, 5) is 42.7. The Hall–Kier alpha value is -2.70. The molecule has 1 aromatic rings. The number of hydrogen-bond donors (Lipinski definition) is 2. The van der Waals surface area contributed by atoms with Crippen molar-refractivity contribution in [1.82, 2.24) is 9.88 Å². The summed E-state index contributed by atoms with van der Waals surface area (Å²) < 4.78 is 0. The topological polar surface area (TPSA) is 99.6 Å². The van der Waals surface area contributed by atoms with Crippen LogP contribution >= 0.6 is 0 Å². The second-order valence-corrected chi connectivity index (χ2v) is 6.58. The Kier molecular flexibility index (Phi) is 3.19. The van der Waals surface area contributed by atoms with E-state index in [4.69, 9.17) is 0 Å². The third kappa shape index (κ3) is 1.97. The van der Waals surface area contributed by atoms with Gasteiger partial charge in [-0.15, -0.1) is 0 Å². The zero-order valence-electron chi connectivity index (χ0n) is 13.0. The number of fused-ring (bicyclic) bond motifs is 5. The lowest BCUT2D eigenvalue weighted by atomic mass is 9.85. The van der Waals surface area contributed by atoms with Crippen molar-refractivity contribution in [2.45, 2.75) is 19.4 Å². The molecule has 0 unspecified atom stereocenters. The minimum Gasteiger partial charge on any atom is -0.504 e. The smallest absolute Gasteiger partial charge is 0.248 e. The first kappa shape index (κ1) is 14.9. The minimum absolute atomic E-state index is 0.00961. The number of likely N-dealkylation sites (tertiary alicyclic amines) is 1. The van der Waals surface area contributed by atoms with Gasteiger partial charge in [0.25, 0.3) is 0 Å². The van der Waals surface area contributed by atoms with Crippen LogP contribution in [0.3, 0.4) is 0 Å². The number of aromatic nitrogens is 1. The average Bonchev–Trinajstić information content (AvgIpc) is 3.23. The van der Waals surface area contributed by atoms with Gasteiger partial charge in [-0.25, -0.2) is 4.98 Å². The molecule has 7 nitrogen and oxygen atoms in total. The monoisotopic (exact) mass is 327 g/mol. The Morgan fingerprint density at radius 1 is 1.29 bits per heavy atom. The van der Waals surface area contributed by atoms with E-state index >= 15 is 0 Å². The molecule has 1 aromatic heterocycles. The number of allylic oxidation sites excluding steroid dienone is 2. The second kappa shape index (κ2) is 5.15. The lowest BCUT2D eigenvalue weighted by Crippen LogP contribution is -2.46. The largest absolute Gasteiger partial charge is 0.504 e. The molecule has 0 aromatic carbocycles. The first-order chi connectivity index (χ1) is 11.5. The number of nitrogens with zero attached hydrogens (tertiary/aromatic N) is 2. The molecule has 0 spiro atoms. The molecule has 1 saturated heterocycles. The maximum atomic E-state index is 12.7. The molecule has 4 rings (SSSR count). The average molecular weight is 327 g/mol. The number of pyridine rings is 1. The fourth-order valence-corrected chi connectivity index (χ4v) is 4.14. The third-order valence-electron chi connectivity index (χ3n) is 5.30. The van der Waals surface area contributed by atoms with Crippen LogP contribution in [0.4, 0.5) is 5.82 Å². The number of aromatic hydroxyl groups is 1. The molecule has 2 fully saturated rings. The van der Waals surface area contributed by atoms with Crippen molar-refractivity contribution in [2.75, 3.05) is 5.32 Å². The van der Waals surface area contributed by atoms with Gasteiger partial charge in [0.15, 0.2) is 11.6 Å². The summed E-state index contributed by atoms with van der Waals surface area (Å²) in [5.74, 6) is -1.69. The zero-order chi connectivity index (χ0) is 17.0. The van der Waals surface area contributed by atoms with Gasteiger partial charge in [0.1, 0.15) is 6.04 Å². The van der Waals surface area contributed by atoms with Crippen LogP contribution < -0.4 is 5.32 Å².